The van der Waals surface area contributed by atoms with Crippen LogP contribution in [0.25, 0.3) is 0 Å². The van der Waals surface area contributed by atoms with Gasteiger partial charge in [-0.25, -0.2) is 9.97 Å². The zero-order valence-corrected chi connectivity index (χ0v) is 23.6. The molecule has 1 N–H and O–H groups in total. The molecule has 3 aromatic heterocycles. The van der Waals surface area contributed by atoms with Crippen LogP contribution in [-0.2, 0) is 13.1 Å². The van der Waals surface area contributed by atoms with E-state index in [-0.39, 0.29) is 12.4 Å². The lowest BCUT2D eigenvalue weighted by atomic mass is 10.2. The Kier molecular flexibility index (Phi) is 11.2. The van der Waals surface area contributed by atoms with Gasteiger partial charge in [-0.1, -0.05) is 11.6 Å². The van der Waals surface area contributed by atoms with Crippen molar-refractivity contribution in [3.05, 3.63) is 70.2 Å². The van der Waals surface area contributed by atoms with E-state index in [1.54, 1.807) is 0 Å². The second-order valence-electron chi connectivity index (χ2n) is 8.93. The number of piperazine rings is 1. The summed E-state index contributed by atoms with van der Waals surface area (Å²) in [6.45, 7) is 13.2. The number of hydrogen-bond acceptors (Lipinski definition) is 8. The van der Waals surface area contributed by atoms with Crippen molar-refractivity contribution in [2.24, 2.45) is 0 Å². The molecule has 36 heavy (non-hydrogen) atoms. The topological polar surface area (TPSA) is 70.1 Å². The molecule has 10 heteroatoms. The van der Waals surface area contributed by atoms with E-state index in [0.29, 0.717) is 23.2 Å². The minimum absolute atomic E-state index is 0. The molecule has 0 amide bonds. The quantitative estimate of drug-likeness (QED) is 0.275. The Morgan fingerprint density at radius 2 is 1.69 bits per heavy atom. The average molecular weight is 549 g/mol. The Balaban J connectivity index is 0.00000361. The van der Waals surface area contributed by atoms with Crippen LogP contribution in [0.4, 0.5) is 5.82 Å². The van der Waals surface area contributed by atoms with Crippen LogP contribution in [0.2, 0.25) is 5.02 Å². The van der Waals surface area contributed by atoms with Crippen molar-refractivity contribution in [3.8, 4) is 0 Å². The van der Waals surface area contributed by atoms with E-state index in [4.69, 9.17) is 11.6 Å². The maximum Gasteiger partial charge on any atom is 0.149 e. The molecule has 1 fully saturated rings. The van der Waals surface area contributed by atoms with Crippen LogP contribution >= 0.6 is 35.8 Å². The monoisotopic (exact) mass is 547 g/mol. The molecule has 7 nitrogen and oxygen atoms in total. The molecule has 1 aliphatic rings. The van der Waals surface area contributed by atoms with Crippen molar-refractivity contribution in [3.63, 3.8) is 0 Å². The largest absolute Gasteiger partial charge is 0.363 e. The van der Waals surface area contributed by atoms with Crippen molar-refractivity contribution in [1.29, 1.82) is 0 Å². The highest BCUT2D eigenvalue weighted by molar-refractivity contribution is 7.99. The Hall–Kier alpha value is -1.97. The molecule has 1 saturated heterocycles. The highest BCUT2D eigenvalue weighted by Crippen LogP contribution is 2.26. The highest BCUT2D eigenvalue weighted by Gasteiger charge is 2.17. The van der Waals surface area contributed by atoms with E-state index < -0.39 is 0 Å². The summed E-state index contributed by atoms with van der Waals surface area (Å²) < 4.78 is 0. The molecule has 0 aliphatic carbocycles. The number of aromatic nitrogens is 4. The van der Waals surface area contributed by atoms with Crippen molar-refractivity contribution >= 4 is 41.6 Å². The van der Waals surface area contributed by atoms with Crippen molar-refractivity contribution < 1.29 is 0 Å². The van der Waals surface area contributed by atoms with E-state index >= 15 is 0 Å². The van der Waals surface area contributed by atoms with E-state index in [1.807, 2.05) is 44.2 Å². The van der Waals surface area contributed by atoms with Crippen molar-refractivity contribution in [2.45, 2.75) is 45.2 Å². The number of pyridine rings is 2. The van der Waals surface area contributed by atoms with Gasteiger partial charge in [0, 0.05) is 56.2 Å². The van der Waals surface area contributed by atoms with Crippen LogP contribution in [-0.4, -0.2) is 68.2 Å². The van der Waals surface area contributed by atoms with Gasteiger partial charge in [0.25, 0.3) is 0 Å². The maximum atomic E-state index is 6.37. The minimum Gasteiger partial charge on any atom is -0.363 e. The predicted molar refractivity (Wildman–Crippen MR) is 151 cm³/mol. The second kappa shape index (κ2) is 14.1. The molecule has 4 heterocycles. The molecular weight excluding hydrogens is 513 g/mol. The van der Waals surface area contributed by atoms with E-state index in [0.717, 1.165) is 56.4 Å². The van der Waals surface area contributed by atoms with Crippen LogP contribution in [0.3, 0.4) is 0 Å². The summed E-state index contributed by atoms with van der Waals surface area (Å²) in [6, 6.07) is 6.34. The Bertz CT molecular complexity index is 1110. The lowest BCUT2D eigenvalue weighted by Gasteiger charge is -2.34. The lowest BCUT2D eigenvalue weighted by molar-refractivity contribution is 0.127. The molecule has 0 atom stereocenters. The number of anilines is 1. The van der Waals surface area contributed by atoms with E-state index in [9.17, 15) is 0 Å². The van der Waals surface area contributed by atoms with Crippen LogP contribution in [0.1, 0.15) is 34.8 Å². The van der Waals surface area contributed by atoms with Crippen LogP contribution in [0, 0.1) is 20.8 Å². The van der Waals surface area contributed by atoms with Gasteiger partial charge in [-0.2, -0.15) is 0 Å². The SMILES string of the molecule is Cc1nc(C)c(Cl)c(NCc2nccc(SCCCN3CCN(Cc4ccncc4)CC3)c2C)n1.Cl. The number of halogens is 2. The molecule has 0 unspecified atom stereocenters. The average Bonchev–Trinajstić information content (AvgIpc) is 2.86. The van der Waals surface area contributed by atoms with Gasteiger partial charge in [0.1, 0.15) is 16.7 Å². The van der Waals surface area contributed by atoms with Crippen LogP contribution < -0.4 is 5.32 Å². The van der Waals surface area contributed by atoms with Gasteiger partial charge in [0.2, 0.25) is 0 Å². The predicted octanol–water partition coefficient (Wildman–Crippen LogP) is 5.18. The third-order valence-corrected chi connectivity index (χ3v) is 8.01. The number of nitrogens with one attached hydrogen (secondary N) is 1. The number of thioether (sulfide) groups is 1. The van der Waals surface area contributed by atoms with E-state index in [1.165, 1.54) is 22.4 Å². The number of hydrogen-bond donors (Lipinski definition) is 1. The molecule has 0 spiro atoms. The van der Waals surface area contributed by atoms with Gasteiger partial charge >= 0.3 is 0 Å². The fraction of sp³-hybridized carbons (Fsp3) is 0.462. The standard InChI is InChI=1S/C26H34ClN7S.ClH/c1-19-23(17-30-26-25(27)20(2)31-21(3)32-26)29-10-7-24(19)35-16-4-11-33-12-14-34(15-13-33)18-22-5-8-28-9-6-22;/h5-10H,4,11-18H2,1-3H3,(H,30,31,32);1H. The fourth-order valence-electron chi connectivity index (χ4n) is 4.26. The van der Waals surface area contributed by atoms with Crippen molar-refractivity contribution in [2.75, 3.05) is 43.8 Å². The first kappa shape index (κ1) is 28.6. The lowest BCUT2D eigenvalue weighted by Crippen LogP contribution is -2.46. The summed E-state index contributed by atoms with van der Waals surface area (Å²) in [5.74, 6) is 2.47. The van der Waals surface area contributed by atoms with Gasteiger partial charge < -0.3 is 10.2 Å². The molecule has 1 aliphatic heterocycles. The van der Waals surface area contributed by atoms with Gasteiger partial charge in [0.15, 0.2) is 0 Å². The van der Waals surface area contributed by atoms with Gasteiger partial charge in [-0.3, -0.25) is 14.9 Å². The summed E-state index contributed by atoms with van der Waals surface area (Å²) in [6.07, 6.45) is 6.83. The summed E-state index contributed by atoms with van der Waals surface area (Å²) in [5.41, 5.74) is 4.36. The number of rotatable bonds is 10. The third kappa shape index (κ3) is 8.02. The minimum atomic E-state index is 0. The van der Waals surface area contributed by atoms with Crippen LogP contribution in [0.5, 0.6) is 0 Å². The summed E-state index contributed by atoms with van der Waals surface area (Å²) in [4.78, 5) is 23.9. The van der Waals surface area contributed by atoms with Crippen LogP contribution in [0.15, 0.2) is 41.7 Å². The number of nitrogens with zero attached hydrogens (tertiary/aromatic N) is 6. The van der Waals surface area contributed by atoms with Gasteiger partial charge in [-0.15, -0.1) is 24.2 Å². The molecule has 3 aromatic rings. The smallest absolute Gasteiger partial charge is 0.149 e. The van der Waals surface area contributed by atoms with Crippen molar-refractivity contribution in [1.82, 2.24) is 29.7 Å². The Labute approximate surface area is 229 Å². The highest BCUT2D eigenvalue weighted by atomic mass is 35.5. The molecular formula is C26H35Cl2N7S. The summed E-state index contributed by atoms with van der Waals surface area (Å²) in [5, 5.41) is 3.91. The van der Waals surface area contributed by atoms with Gasteiger partial charge in [0.05, 0.1) is 17.9 Å². The zero-order chi connectivity index (χ0) is 24.6. The third-order valence-electron chi connectivity index (χ3n) is 6.31. The fourth-order valence-corrected chi connectivity index (χ4v) is 5.40. The zero-order valence-electron chi connectivity index (χ0n) is 21.2. The molecule has 0 saturated carbocycles. The molecule has 0 aromatic carbocycles. The summed E-state index contributed by atoms with van der Waals surface area (Å²) >= 11 is 8.29. The molecule has 0 bridgehead atoms. The van der Waals surface area contributed by atoms with Gasteiger partial charge in [-0.05, 0) is 68.8 Å². The second-order valence-corrected chi connectivity index (χ2v) is 10.4. The molecule has 4 rings (SSSR count). The first-order valence-electron chi connectivity index (χ1n) is 12.1. The number of aryl methyl sites for hydroxylation is 2. The molecule has 0 radical (unpaired) electrons. The normalized spacial score (nSPS) is 14.4. The molecule has 194 valence electrons. The van der Waals surface area contributed by atoms with E-state index in [2.05, 4.69) is 60.2 Å². The Morgan fingerprint density at radius 1 is 0.972 bits per heavy atom. The first-order valence-corrected chi connectivity index (χ1v) is 13.5. The Morgan fingerprint density at radius 3 is 2.44 bits per heavy atom. The summed E-state index contributed by atoms with van der Waals surface area (Å²) in [7, 11) is 0. The maximum absolute atomic E-state index is 6.37. The first-order chi connectivity index (χ1) is 17.0.